The predicted octanol–water partition coefficient (Wildman–Crippen LogP) is 1.01. The third-order valence-electron chi connectivity index (χ3n) is 3.48. The van der Waals surface area contributed by atoms with Crippen LogP contribution in [0.4, 0.5) is 5.82 Å². The molecule has 1 aromatic heterocycles. The van der Waals surface area contributed by atoms with E-state index in [0.717, 1.165) is 25.3 Å². The van der Waals surface area contributed by atoms with Crippen LogP contribution in [0.2, 0.25) is 0 Å². The van der Waals surface area contributed by atoms with Gasteiger partial charge in [0.1, 0.15) is 5.82 Å². The van der Waals surface area contributed by atoms with Gasteiger partial charge in [0.15, 0.2) is 0 Å². The highest BCUT2D eigenvalue weighted by Gasteiger charge is 2.23. The smallest absolute Gasteiger partial charge is 0.374 e. The molecule has 0 bridgehead atoms. The summed E-state index contributed by atoms with van der Waals surface area (Å²) in [5, 5.41) is 9.02. The summed E-state index contributed by atoms with van der Waals surface area (Å²) in [5.74, 6) is -0.482. The molecule has 1 saturated heterocycles. The second-order valence-electron chi connectivity index (χ2n) is 5.20. The van der Waals surface area contributed by atoms with Gasteiger partial charge >= 0.3 is 5.97 Å². The van der Waals surface area contributed by atoms with Crippen LogP contribution in [0.1, 0.15) is 29.2 Å². The minimum absolute atomic E-state index is 0.123. The summed E-state index contributed by atoms with van der Waals surface area (Å²) in [6, 6.07) is 2.34. The second-order valence-corrected chi connectivity index (χ2v) is 5.20. The van der Waals surface area contributed by atoms with Crippen LogP contribution in [0.5, 0.6) is 0 Å². The predicted molar refractivity (Wildman–Crippen MR) is 72.7 cm³/mol. The van der Waals surface area contributed by atoms with Gasteiger partial charge in [0.05, 0.1) is 0 Å². The summed E-state index contributed by atoms with van der Waals surface area (Å²) in [4.78, 5) is 23.4. The average molecular weight is 264 g/mol. The van der Waals surface area contributed by atoms with E-state index in [9.17, 15) is 4.79 Å². The van der Waals surface area contributed by atoms with Crippen LogP contribution < -0.4 is 4.90 Å². The van der Waals surface area contributed by atoms with E-state index in [1.54, 1.807) is 6.92 Å². The number of piperidine rings is 1. The van der Waals surface area contributed by atoms with E-state index in [1.165, 1.54) is 6.42 Å². The lowest BCUT2D eigenvalue weighted by molar-refractivity contribution is 0.0683. The maximum absolute atomic E-state index is 11.0. The number of carbonyl (C=O) groups is 1. The Morgan fingerprint density at radius 1 is 1.47 bits per heavy atom. The third-order valence-corrected chi connectivity index (χ3v) is 3.48. The van der Waals surface area contributed by atoms with Gasteiger partial charge in [-0.15, -0.1) is 0 Å². The lowest BCUT2D eigenvalue weighted by Gasteiger charge is -2.36. The molecule has 6 nitrogen and oxygen atoms in total. The number of aromatic nitrogens is 2. The molecular formula is C13H20N4O2. The van der Waals surface area contributed by atoms with Crippen molar-refractivity contribution in [3.8, 4) is 0 Å². The zero-order valence-electron chi connectivity index (χ0n) is 11.6. The van der Waals surface area contributed by atoms with Gasteiger partial charge < -0.3 is 14.9 Å². The summed E-state index contributed by atoms with van der Waals surface area (Å²) in [5.41, 5.74) is 0.689. The van der Waals surface area contributed by atoms with Crippen molar-refractivity contribution < 1.29 is 9.90 Å². The van der Waals surface area contributed by atoms with E-state index in [2.05, 4.69) is 33.9 Å². The largest absolute Gasteiger partial charge is 0.475 e. The number of carboxylic acids is 1. The van der Waals surface area contributed by atoms with E-state index in [1.807, 2.05) is 6.07 Å². The molecule has 1 unspecified atom stereocenters. The Labute approximate surface area is 113 Å². The normalized spacial score (nSPS) is 19.8. The molecule has 0 aromatic carbocycles. The van der Waals surface area contributed by atoms with Crippen LogP contribution in [0.3, 0.4) is 0 Å². The number of rotatable bonds is 3. The number of aryl methyl sites for hydroxylation is 1. The Kier molecular flexibility index (Phi) is 3.99. The second kappa shape index (κ2) is 5.52. The third kappa shape index (κ3) is 3.20. The van der Waals surface area contributed by atoms with E-state index >= 15 is 0 Å². The number of anilines is 1. The van der Waals surface area contributed by atoms with Crippen LogP contribution in [-0.2, 0) is 0 Å². The molecule has 104 valence electrons. The number of nitrogens with zero attached hydrogens (tertiary/aromatic N) is 4. The van der Waals surface area contributed by atoms with Crippen LogP contribution in [0, 0.1) is 6.92 Å². The summed E-state index contributed by atoms with van der Waals surface area (Å²) < 4.78 is 0. The summed E-state index contributed by atoms with van der Waals surface area (Å²) >= 11 is 0. The Bertz CT molecular complexity index is 476. The SMILES string of the molecule is Cc1cc(N2CCCC(N(C)C)C2)nc(C(=O)O)n1. The molecular weight excluding hydrogens is 244 g/mol. The fraction of sp³-hybridized carbons (Fsp3) is 0.615. The fourth-order valence-corrected chi connectivity index (χ4v) is 2.39. The molecule has 1 aromatic rings. The van der Waals surface area contributed by atoms with Crippen molar-refractivity contribution in [1.29, 1.82) is 0 Å². The lowest BCUT2D eigenvalue weighted by atomic mass is 10.0. The molecule has 1 aliphatic rings. The first-order chi connectivity index (χ1) is 8.97. The number of aromatic carboxylic acids is 1. The molecule has 0 saturated carbocycles. The van der Waals surface area contributed by atoms with Crippen LogP contribution in [-0.4, -0.2) is 59.2 Å². The van der Waals surface area contributed by atoms with E-state index in [-0.39, 0.29) is 5.82 Å². The van der Waals surface area contributed by atoms with Crippen molar-refractivity contribution in [1.82, 2.24) is 14.9 Å². The maximum atomic E-state index is 11.0. The molecule has 1 fully saturated rings. The van der Waals surface area contributed by atoms with Gasteiger partial charge in [-0.2, -0.15) is 0 Å². The van der Waals surface area contributed by atoms with Crippen molar-refractivity contribution in [3.05, 3.63) is 17.6 Å². The molecule has 1 atom stereocenters. The minimum atomic E-state index is -1.08. The lowest BCUT2D eigenvalue weighted by Crippen LogP contribution is -2.45. The fourth-order valence-electron chi connectivity index (χ4n) is 2.39. The van der Waals surface area contributed by atoms with Crippen molar-refractivity contribution >= 4 is 11.8 Å². The molecule has 2 heterocycles. The first-order valence-electron chi connectivity index (χ1n) is 6.47. The Balaban J connectivity index is 2.23. The highest BCUT2D eigenvalue weighted by Crippen LogP contribution is 2.20. The molecule has 6 heteroatoms. The summed E-state index contributed by atoms with van der Waals surface area (Å²) in [7, 11) is 4.14. The van der Waals surface area contributed by atoms with Crippen LogP contribution in [0.15, 0.2) is 6.07 Å². The van der Waals surface area contributed by atoms with Crippen LogP contribution in [0.25, 0.3) is 0 Å². The minimum Gasteiger partial charge on any atom is -0.475 e. The molecule has 2 rings (SSSR count). The van der Waals surface area contributed by atoms with Gasteiger partial charge in [0, 0.05) is 30.9 Å². The monoisotopic (exact) mass is 264 g/mol. The van der Waals surface area contributed by atoms with Crippen molar-refractivity contribution in [2.45, 2.75) is 25.8 Å². The number of carboxylic acid groups (broad SMARTS) is 1. The Morgan fingerprint density at radius 2 is 2.21 bits per heavy atom. The highest BCUT2D eigenvalue weighted by molar-refractivity contribution is 5.83. The molecule has 0 radical (unpaired) electrons. The van der Waals surface area contributed by atoms with Gasteiger partial charge in [-0.05, 0) is 33.9 Å². The number of likely N-dealkylation sites (N-methyl/N-ethyl adjacent to an activating group) is 1. The maximum Gasteiger partial charge on any atom is 0.374 e. The average Bonchev–Trinajstić information content (AvgIpc) is 2.38. The van der Waals surface area contributed by atoms with E-state index in [0.29, 0.717) is 11.7 Å². The quantitative estimate of drug-likeness (QED) is 0.878. The molecule has 0 aliphatic carbocycles. The first kappa shape index (κ1) is 13.7. The van der Waals surface area contributed by atoms with Gasteiger partial charge in [0.2, 0.25) is 5.82 Å². The number of hydrogen-bond donors (Lipinski definition) is 1. The molecule has 0 spiro atoms. The van der Waals surface area contributed by atoms with Crippen molar-refractivity contribution in [3.63, 3.8) is 0 Å². The zero-order valence-corrected chi connectivity index (χ0v) is 11.6. The van der Waals surface area contributed by atoms with Gasteiger partial charge in [-0.3, -0.25) is 0 Å². The zero-order chi connectivity index (χ0) is 14.0. The highest BCUT2D eigenvalue weighted by atomic mass is 16.4. The summed E-state index contributed by atoms with van der Waals surface area (Å²) in [6.45, 7) is 3.59. The topological polar surface area (TPSA) is 69.6 Å². The Hall–Kier alpha value is -1.69. The Morgan fingerprint density at radius 3 is 2.84 bits per heavy atom. The van der Waals surface area contributed by atoms with Crippen LogP contribution >= 0.6 is 0 Å². The summed E-state index contributed by atoms with van der Waals surface area (Å²) in [6.07, 6.45) is 2.26. The van der Waals surface area contributed by atoms with Gasteiger partial charge in [-0.1, -0.05) is 0 Å². The van der Waals surface area contributed by atoms with Gasteiger partial charge in [0.25, 0.3) is 0 Å². The number of hydrogen-bond acceptors (Lipinski definition) is 5. The molecule has 0 amide bonds. The first-order valence-corrected chi connectivity index (χ1v) is 6.47. The van der Waals surface area contributed by atoms with Crippen molar-refractivity contribution in [2.75, 3.05) is 32.1 Å². The van der Waals surface area contributed by atoms with Gasteiger partial charge in [-0.25, -0.2) is 14.8 Å². The molecule has 1 aliphatic heterocycles. The van der Waals surface area contributed by atoms with E-state index < -0.39 is 5.97 Å². The molecule has 19 heavy (non-hydrogen) atoms. The standard InChI is InChI=1S/C13H20N4O2/c1-9-7-11(15-12(14-9)13(18)19)17-6-4-5-10(8-17)16(2)3/h7,10H,4-6,8H2,1-3H3,(H,18,19). The van der Waals surface area contributed by atoms with E-state index in [4.69, 9.17) is 5.11 Å². The molecule has 1 N–H and O–H groups in total. The van der Waals surface area contributed by atoms with Crippen molar-refractivity contribution in [2.24, 2.45) is 0 Å².